The third kappa shape index (κ3) is 4.73. The van der Waals surface area contributed by atoms with Crippen LogP contribution in [-0.4, -0.2) is 15.9 Å². The molecule has 3 aromatic rings. The molecule has 0 bridgehead atoms. The summed E-state index contributed by atoms with van der Waals surface area (Å²) in [7, 11) is 0. The average Bonchev–Trinajstić information content (AvgIpc) is 2.69. The smallest absolute Gasteiger partial charge is 0.269 e. The number of nitrogen functional groups attached to an aromatic ring is 1. The number of nitrogens with two attached hydrogens (primary N) is 1. The number of carbonyl (C=O) groups excluding carboxylic acids is 1. The summed E-state index contributed by atoms with van der Waals surface area (Å²) in [5.74, 6) is 0.507. The number of rotatable bonds is 6. The summed E-state index contributed by atoms with van der Waals surface area (Å²) in [6.45, 7) is 2.01. The maximum absolute atomic E-state index is 12.2. The second-order valence-corrected chi connectivity index (χ2v) is 6.76. The van der Waals surface area contributed by atoms with Crippen LogP contribution < -0.4 is 21.9 Å². The summed E-state index contributed by atoms with van der Waals surface area (Å²) in [5, 5.41) is 3.26. The lowest BCUT2D eigenvalue weighted by Crippen LogP contribution is -2.30. The zero-order valence-corrected chi connectivity index (χ0v) is 16.2. The number of halogens is 1. The normalized spacial score (nSPS) is 11.5. The standard InChI is InChI=1S/C19H19BrN6O/c1-12(13-5-3-2-4-6-13)24-17-16(21)18(23-11-22-17)25-26-19(27)14-7-9-15(20)10-8-14/h2-12H,21H2,1H3,(H,26,27)(H2,22,23,24,25). The number of hydrogen-bond acceptors (Lipinski definition) is 6. The van der Waals surface area contributed by atoms with Gasteiger partial charge in [0.1, 0.15) is 12.0 Å². The van der Waals surface area contributed by atoms with E-state index in [2.05, 4.69) is 42.1 Å². The number of nitrogens with one attached hydrogen (secondary N) is 3. The number of anilines is 3. The molecule has 1 amide bonds. The van der Waals surface area contributed by atoms with E-state index in [0.29, 0.717) is 22.9 Å². The van der Waals surface area contributed by atoms with E-state index in [1.807, 2.05) is 37.3 Å². The Hall–Kier alpha value is -3.13. The van der Waals surface area contributed by atoms with E-state index in [0.717, 1.165) is 10.0 Å². The Morgan fingerprint density at radius 2 is 1.70 bits per heavy atom. The minimum atomic E-state index is -0.298. The van der Waals surface area contributed by atoms with Gasteiger partial charge in [-0.2, -0.15) is 0 Å². The number of aromatic nitrogens is 2. The van der Waals surface area contributed by atoms with Gasteiger partial charge in [-0.25, -0.2) is 9.97 Å². The molecule has 1 atom stereocenters. The van der Waals surface area contributed by atoms with E-state index in [1.165, 1.54) is 6.33 Å². The fourth-order valence-electron chi connectivity index (χ4n) is 2.43. The van der Waals surface area contributed by atoms with Crippen LogP contribution in [0, 0.1) is 0 Å². The first-order valence-corrected chi connectivity index (χ1v) is 9.08. The Labute approximate surface area is 165 Å². The molecule has 1 unspecified atom stereocenters. The minimum Gasteiger partial charge on any atom is -0.393 e. The molecule has 138 valence electrons. The molecule has 0 saturated carbocycles. The van der Waals surface area contributed by atoms with Gasteiger partial charge in [-0.05, 0) is 36.8 Å². The number of carbonyl (C=O) groups is 1. The van der Waals surface area contributed by atoms with Gasteiger partial charge in [0.05, 0.1) is 6.04 Å². The molecule has 1 aromatic heterocycles. The van der Waals surface area contributed by atoms with Gasteiger partial charge in [-0.15, -0.1) is 0 Å². The molecule has 7 nitrogen and oxygen atoms in total. The molecular weight excluding hydrogens is 408 g/mol. The first kappa shape index (κ1) is 18.7. The molecule has 0 fully saturated rings. The predicted molar refractivity (Wildman–Crippen MR) is 110 cm³/mol. The number of benzene rings is 2. The first-order chi connectivity index (χ1) is 13.0. The summed E-state index contributed by atoms with van der Waals surface area (Å²) in [6, 6.07) is 17.0. The molecule has 0 aliphatic rings. The number of nitrogens with zero attached hydrogens (tertiary/aromatic N) is 2. The van der Waals surface area contributed by atoms with Crippen LogP contribution in [0.15, 0.2) is 65.4 Å². The molecule has 0 radical (unpaired) electrons. The topological polar surface area (TPSA) is 105 Å². The van der Waals surface area contributed by atoms with E-state index in [1.54, 1.807) is 24.3 Å². The predicted octanol–water partition coefficient (Wildman–Crippen LogP) is 3.75. The highest BCUT2D eigenvalue weighted by atomic mass is 79.9. The molecule has 0 aliphatic carbocycles. The van der Waals surface area contributed by atoms with Gasteiger partial charge < -0.3 is 11.1 Å². The summed E-state index contributed by atoms with van der Waals surface area (Å²) >= 11 is 3.34. The molecule has 8 heteroatoms. The highest BCUT2D eigenvalue weighted by molar-refractivity contribution is 9.10. The van der Waals surface area contributed by atoms with E-state index in [-0.39, 0.29) is 11.9 Å². The van der Waals surface area contributed by atoms with Crippen molar-refractivity contribution in [1.82, 2.24) is 15.4 Å². The Balaban J connectivity index is 1.67. The Morgan fingerprint density at radius 1 is 1.04 bits per heavy atom. The summed E-state index contributed by atoms with van der Waals surface area (Å²) < 4.78 is 0.898. The van der Waals surface area contributed by atoms with Gasteiger partial charge in [-0.1, -0.05) is 46.3 Å². The fourth-order valence-corrected chi connectivity index (χ4v) is 2.69. The van der Waals surface area contributed by atoms with E-state index < -0.39 is 0 Å². The van der Waals surface area contributed by atoms with Gasteiger partial charge in [0.25, 0.3) is 5.91 Å². The van der Waals surface area contributed by atoms with Crippen molar-refractivity contribution in [2.45, 2.75) is 13.0 Å². The van der Waals surface area contributed by atoms with E-state index >= 15 is 0 Å². The minimum absolute atomic E-state index is 0.00797. The highest BCUT2D eigenvalue weighted by Gasteiger charge is 2.13. The van der Waals surface area contributed by atoms with Crippen molar-refractivity contribution in [3.63, 3.8) is 0 Å². The van der Waals surface area contributed by atoms with E-state index in [9.17, 15) is 4.79 Å². The maximum Gasteiger partial charge on any atom is 0.269 e. The second-order valence-electron chi connectivity index (χ2n) is 5.85. The zero-order valence-electron chi connectivity index (χ0n) is 14.6. The molecule has 27 heavy (non-hydrogen) atoms. The summed E-state index contributed by atoms with van der Waals surface area (Å²) in [5.41, 5.74) is 13.4. The van der Waals surface area contributed by atoms with Crippen molar-refractivity contribution in [2.75, 3.05) is 16.5 Å². The molecule has 3 rings (SSSR count). The molecule has 5 N–H and O–H groups in total. The first-order valence-electron chi connectivity index (χ1n) is 8.28. The fraction of sp³-hybridized carbons (Fsp3) is 0.105. The number of hydrazine groups is 1. The molecular formula is C19H19BrN6O. The highest BCUT2D eigenvalue weighted by Crippen LogP contribution is 2.26. The molecule has 0 saturated heterocycles. The monoisotopic (exact) mass is 426 g/mol. The van der Waals surface area contributed by atoms with Crippen LogP contribution in [-0.2, 0) is 0 Å². The van der Waals surface area contributed by atoms with Crippen LogP contribution in [0.4, 0.5) is 17.3 Å². The van der Waals surface area contributed by atoms with Crippen molar-refractivity contribution in [2.24, 2.45) is 0 Å². The SMILES string of the molecule is CC(Nc1ncnc(NNC(=O)c2ccc(Br)cc2)c1N)c1ccccc1. The van der Waals surface area contributed by atoms with Gasteiger partial charge in [-0.3, -0.25) is 15.6 Å². The zero-order chi connectivity index (χ0) is 19.2. The van der Waals surface area contributed by atoms with E-state index in [4.69, 9.17) is 5.73 Å². The maximum atomic E-state index is 12.2. The van der Waals surface area contributed by atoms with Crippen LogP contribution >= 0.6 is 15.9 Å². The Bertz CT molecular complexity index is 917. The third-order valence-electron chi connectivity index (χ3n) is 3.94. The average molecular weight is 427 g/mol. The van der Waals surface area contributed by atoms with Crippen molar-refractivity contribution in [3.05, 3.63) is 76.5 Å². The molecule has 2 aromatic carbocycles. The van der Waals surface area contributed by atoms with Gasteiger partial charge >= 0.3 is 0 Å². The lowest BCUT2D eigenvalue weighted by atomic mass is 10.1. The van der Waals surface area contributed by atoms with Crippen LogP contribution in [0.3, 0.4) is 0 Å². The molecule has 0 aliphatic heterocycles. The largest absolute Gasteiger partial charge is 0.393 e. The molecule has 1 heterocycles. The van der Waals surface area contributed by atoms with Crippen LogP contribution in [0.2, 0.25) is 0 Å². The summed E-state index contributed by atoms with van der Waals surface area (Å²) in [4.78, 5) is 20.5. The van der Waals surface area contributed by atoms with Crippen LogP contribution in [0.5, 0.6) is 0 Å². The van der Waals surface area contributed by atoms with Gasteiger partial charge in [0, 0.05) is 10.0 Å². The van der Waals surface area contributed by atoms with Gasteiger partial charge in [0.15, 0.2) is 11.6 Å². The Kier molecular flexibility index (Phi) is 5.87. The van der Waals surface area contributed by atoms with Crippen molar-refractivity contribution >= 4 is 39.2 Å². The lowest BCUT2D eigenvalue weighted by Gasteiger charge is -2.17. The van der Waals surface area contributed by atoms with Crippen molar-refractivity contribution in [3.8, 4) is 0 Å². The summed E-state index contributed by atoms with van der Waals surface area (Å²) in [6.07, 6.45) is 1.38. The van der Waals surface area contributed by atoms with Gasteiger partial charge in [0.2, 0.25) is 0 Å². The van der Waals surface area contributed by atoms with Crippen LogP contribution in [0.25, 0.3) is 0 Å². The van der Waals surface area contributed by atoms with Crippen molar-refractivity contribution < 1.29 is 4.79 Å². The number of amides is 1. The lowest BCUT2D eigenvalue weighted by molar-refractivity contribution is 0.0962. The molecule has 0 spiro atoms. The quantitative estimate of drug-likeness (QED) is 0.447. The third-order valence-corrected chi connectivity index (χ3v) is 4.47. The Morgan fingerprint density at radius 3 is 2.41 bits per heavy atom. The number of hydrogen-bond donors (Lipinski definition) is 4. The van der Waals surface area contributed by atoms with Crippen LogP contribution in [0.1, 0.15) is 28.9 Å². The van der Waals surface area contributed by atoms with Crippen molar-refractivity contribution in [1.29, 1.82) is 0 Å². The second kappa shape index (κ2) is 8.50.